The standard InChI is InChI=1S/C13H15N7.ClH/c1-2-4-10-9(3-1)16-13-19-8-6-15-12(19)18-7-5-14-11(18)17-20(10)13;/h1-4,13,16H,5-8H2,(H,14,17);1H. The number of hydrazine groups is 1. The average molecular weight is 306 g/mol. The minimum absolute atomic E-state index is 0. The van der Waals surface area contributed by atoms with E-state index in [4.69, 9.17) is 0 Å². The summed E-state index contributed by atoms with van der Waals surface area (Å²) in [5.41, 5.74) is 5.74. The molecule has 4 aliphatic heterocycles. The van der Waals surface area contributed by atoms with Gasteiger partial charge in [-0.3, -0.25) is 15.3 Å². The molecule has 1 aromatic rings. The number of benzene rings is 1. The van der Waals surface area contributed by atoms with Crippen molar-refractivity contribution < 1.29 is 0 Å². The zero-order chi connectivity index (χ0) is 13.1. The van der Waals surface area contributed by atoms with E-state index in [1.807, 2.05) is 0 Å². The van der Waals surface area contributed by atoms with Gasteiger partial charge in [-0.05, 0) is 12.1 Å². The molecule has 0 bridgehead atoms. The molecule has 1 fully saturated rings. The molecule has 7 nitrogen and oxygen atoms in total. The average Bonchev–Trinajstić information content (AvgIpc) is 3.16. The smallest absolute Gasteiger partial charge is 0.220 e. The fourth-order valence-electron chi connectivity index (χ4n) is 3.25. The van der Waals surface area contributed by atoms with Gasteiger partial charge in [0.25, 0.3) is 0 Å². The highest BCUT2D eigenvalue weighted by atomic mass is 35.5. The number of hydrogen-bond acceptors (Lipinski definition) is 7. The van der Waals surface area contributed by atoms with Crippen LogP contribution in [0, 0.1) is 0 Å². The minimum atomic E-state index is 0. The van der Waals surface area contributed by atoms with Crippen LogP contribution in [0.3, 0.4) is 0 Å². The first-order chi connectivity index (χ1) is 9.92. The molecular weight excluding hydrogens is 290 g/mol. The molecule has 0 radical (unpaired) electrons. The topological polar surface area (TPSA) is 58.5 Å². The molecule has 4 aliphatic rings. The first-order valence-electron chi connectivity index (χ1n) is 6.96. The molecule has 4 heterocycles. The van der Waals surface area contributed by atoms with Gasteiger partial charge in [-0.25, -0.2) is 10.0 Å². The lowest BCUT2D eigenvalue weighted by molar-refractivity contribution is 0.343. The molecular formula is C13H16ClN7. The lowest BCUT2D eigenvalue weighted by Crippen LogP contribution is -2.54. The van der Waals surface area contributed by atoms with Crippen LogP contribution in [0.2, 0.25) is 0 Å². The number of fused-ring (bicyclic) bond motifs is 7. The Morgan fingerprint density at radius 3 is 2.90 bits per heavy atom. The summed E-state index contributed by atoms with van der Waals surface area (Å²) >= 11 is 0. The molecule has 21 heavy (non-hydrogen) atoms. The van der Waals surface area contributed by atoms with Gasteiger partial charge >= 0.3 is 0 Å². The Labute approximate surface area is 128 Å². The van der Waals surface area contributed by atoms with Crippen LogP contribution in [-0.4, -0.2) is 54.2 Å². The number of nitrogens with one attached hydrogen (secondary N) is 2. The maximum Gasteiger partial charge on any atom is 0.220 e. The highest BCUT2D eigenvalue weighted by Crippen LogP contribution is 2.36. The van der Waals surface area contributed by atoms with E-state index in [1.54, 1.807) is 0 Å². The number of hydrogen-bond donors (Lipinski definition) is 2. The van der Waals surface area contributed by atoms with Gasteiger partial charge in [0.05, 0.1) is 24.5 Å². The number of anilines is 2. The maximum atomic E-state index is 4.66. The largest absolute Gasteiger partial charge is 0.345 e. The van der Waals surface area contributed by atoms with Crippen LogP contribution in [0.15, 0.2) is 34.3 Å². The van der Waals surface area contributed by atoms with Gasteiger partial charge in [-0.15, -0.1) is 12.4 Å². The van der Waals surface area contributed by atoms with E-state index in [1.165, 1.54) is 0 Å². The Hall–Kier alpha value is -2.15. The van der Waals surface area contributed by atoms with Crippen molar-refractivity contribution in [2.75, 3.05) is 36.5 Å². The lowest BCUT2D eigenvalue weighted by atomic mass is 10.3. The normalized spacial score (nSPS) is 24.6. The summed E-state index contributed by atoms with van der Waals surface area (Å²) in [6, 6.07) is 8.33. The highest BCUT2D eigenvalue weighted by molar-refractivity contribution is 6.03. The number of nitrogens with zero attached hydrogens (tertiary/aromatic N) is 5. The lowest BCUT2D eigenvalue weighted by Gasteiger charge is -2.31. The van der Waals surface area contributed by atoms with Crippen molar-refractivity contribution in [2.45, 2.75) is 6.29 Å². The fraction of sp³-hybridized carbons (Fsp3) is 0.385. The summed E-state index contributed by atoms with van der Waals surface area (Å²) in [7, 11) is 0. The SMILES string of the molecule is Cl.c1ccc2c(c1)NC1N3CCN=C3N3CCN=C3NN21. The fourth-order valence-corrected chi connectivity index (χ4v) is 3.25. The van der Waals surface area contributed by atoms with E-state index in [-0.39, 0.29) is 18.7 Å². The van der Waals surface area contributed by atoms with Crippen molar-refractivity contribution >= 4 is 35.7 Å². The first-order valence-corrected chi connectivity index (χ1v) is 6.96. The van der Waals surface area contributed by atoms with Crippen LogP contribution in [0.5, 0.6) is 0 Å². The molecule has 8 heteroatoms. The second-order valence-corrected chi connectivity index (χ2v) is 5.25. The van der Waals surface area contributed by atoms with E-state index in [9.17, 15) is 0 Å². The molecule has 0 aliphatic carbocycles. The molecule has 1 saturated heterocycles. The maximum absolute atomic E-state index is 4.66. The number of guanidine groups is 2. The first kappa shape index (κ1) is 12.6. The van der Waals surface area contributed by atoms with Crippen molar-refractivity contribution in [1.82, 2.24) is 15.2 Å². The molecule has 1 unspecified atom stereocenters. The van der Waals surface area contributed by atoms with Gasteiger partial charge in [0.2, 0.25) is 11.9 Å². The molecule has 0 aromatic heterocycles. The number of halogens is 1. The second kappa shape index (κ2) is 4.42. The molecule has 0 spiro atoms. The number of rotatable bonds is 0. The predicted octanol–water partition coefficient (Wildman–Crippen LogP) is 0.485. The van der Waals surface area contributed by atoms with Gasteiger partial charge in [0.15, 0.2) is 6.29 Å². The van der Waals surface area contributed by atoms with Crippen LogP contribution < -0.4 is 15.8 Å². The minimum Gasteiger partial charge on any atom is -0.345 e. The van der Waals surface area contributed by atoms with E-state index in [2.05, 4.69) is 59.8 Å². The van der Waals surface area contributed by atoms with Gasteiger partial charge in [-0.1, -0.05) is 12.1 Å². The third-order valence-corrected chi connectivity index (χ3v) is 4.14. The van der Waals surface area contributed by atoms with E-state index in [0.29, 0.717) is 0 Å². The Balaban J connectivity index is 0.00000115. The zero-order valence-corrected chi connectivity index (χ0v) is 12.2. The van der Waals surface area contributed by atoms with E-state index < -0.39 is 0 Å². The van der Waals surface area contributed by atoms with Crippen LogP contribution in [0.1, 0.15) is 0 Å². The summed E-state index contributed by atoms with van der Waals surface area (Å²) in [5, 5.41) is 5.72. The molecule has 5 rings (SSSR count). The van der Waals surface area contributed by atoms with E-state index in [0.717, 1.165) is 49.5 Å². The third kappa shape index (κ3) is 1.61. The number of aliphatic imine (C=N–C) groups is 2. The summed E-state index contributed by atoms with van der Waals surface area (Å²) in [4.78, 5) is 13.7. The molecule has 0 saturated carbocycles. The molecule has 2 N–H and O–H groups in total. The van der Waals surface area contributed by atoms with Gasteiger partial charge in [0.1, 0.15) is 0 Å². The Bertz CT molecular complexity index is 643. The van der Waals surface area contributed by atoms with Crippen molar-refractivity contribution in [3.8, 4) is 0 Å². The quantitative estimate of drug-likeness (QED) is 0.730. The molecule has 0 amide bonds. The van der Waals surface area contributed by atoms with Gasteiger partial charge in [0, 0.05) is 13.1 Å². The third-order valence-electron chi connectivity index (χ3n) is 4.14. The van der Waals surface area contributed by atoms with Crippen molar-refractivity contribution in [3.05, 3.63) is 24.3 Å². The monoisotopic (exact) mass is 305 g/mol. The molecule has 1 atom stereocenters. The summed E-state index contributed by atoms with van der Waals surface area (Å²) in [5.74, 6) is 1.93. The van der Waals surface area contributed by atoms with Crippen LogP contribution in [0.4, 0.5) is 11.4 Å². The highest BCUT2D eigenvalue weighted by Gasteiger charge is 2.43. The predicted molar refractivity (Wildman–Crippen MR) is 84.7 cm³/mol. The zero-order valence-electron chi connectivity index (χ0n) is 11.4. The Morgan fingerprint density at radius 1 is 1.10 bits per heavy atom. The van der Waals surface area contributed by atoms with Gasteiger partial charge in [-0.2, -0.15) is 0 Å². The van der Waals surface area contributed by atoms with Crippen LogP contribution in [-0.2, 0) is 0 Å². The Kier molecular flexibility index (Phi) is 2.65. The summed E-state index contributed by atoms with van der Waals surface area (Å²) < 4.78 is 0. The van der Waals surface area contributed by atoms with Crippen molar-refractivity contribution in [2.24, 2.45) is 9.98 Å². The Morgan fingerprint density at radius 2 is 1.95 bits per heavy atom. The number of para-hydroxylation sites is 2. The van der Waals surface area contributed by atoms with Crippen LogP contribution >= 0.6 is 12.4 Å². The van der Waals surface area contributed by atoms with Crippen LogP contribution in [0.25, 0.3) is 0 Å². The van der Waals surface area contributed by atoms with E-state index >= 15 is 0 Å². The summed E-state index contributed by atoms with van der Waals surface area (Å²) in [6.07, 6.45) is 0.0574. The van der Waals surface area contributed by atoms with Crippen molar-refractivity contribution in [3.63, 3.8) is 0 Å². The molecule has 110 valence electrons. The summed E-state index contributed by atoms with van der Waals surface area (Å²) in [6.45, 7) is 3.51. The van der Waals surface area contributed by atoms with Crippen molar-refractivity contribution in [1.29, 1.82) is 0 Å². The van der Waals surface area contributed by atoms with Gasteiger partial charge < -0.3 is 10.2 Å². The second-order valence-electron chi connectivity index (χ2n) is 5.25. The molecule has 1 aromatic carbocycles.